The van der Waals surface area contributed by atoms with Gasteiger partial charge in [0.25, 0.3) is 11.8 Å². The highest BCUT2D eigenvalue weighted by Crippen LogP contribution is 2.34. The molecule has 0 bridgehead atoms. The van der Waals surface area contributed by atoms with E-state index < -0.39 is 5.91 Å². The molecular weight excluding hydrogens is 418 g/mol. The second-order valence-electron chi connectivity index (χ2n) is 6.28. The van der Waals surface area contributed by atoms with E-state index in [2.05, 4.69) is 17.1 Å². The fourth-order valence-electron chi connectivity index (χ4n) is 2.80. The Labute approximate surface area is 183 Å². The molecule has 2 amide bonds. The molecule has 1 aliphatic heterocycles. The number of methoxy groups -OCH3 is 2. The molecule has 0 radical (unpaired) electrons. The van der Waals surface area contributed by atoms with Gasteiger partial charge in [-0.3, -0.25) is 14.5 Å². The third-order valence-electron chi connectivity index (χ3n) is 4.31. The second-order valence-corrected chi connectivity index (χ2v) is 7.29. The zero-order valence-corrected chi connectivity index (χ0v) is 17.8. The van der Waals surface area contributed by atoms with Crippen molar-refractivity contribution in [1.29, 1.82) is 0 Å². The third-order valence-corrected chi connectivity index (χ3v) is 5.31. The molecule has 0 spiro atoms. The monoisotopic (exact) mass is 439 g/mol. The van der Waals surface area contributed by atoms with E-state index in [1.807, 2.05) is 0 Å². The topological polar surface area (TPSA) is 100 Å². The van der Waals surface area contributed by atoms with Crippen LogP contribution in [0.4, 0.5) is 0 Å². The summed E-state index contributed by atoms with van der Waals surface area (Å²) >= 11 is 1.12. The van der Waals surface area contributed by atoms with Gasteiger partial charge < -0.3 is 14.6 Å². The van der Waals surface area contributed by atoms with Crippen LogP contribution in [0.2, 0.25) is 0 Å². The van der Waals surface area contributed by atoms with E-state index in [0.29, 0.717) is 21.6 Å². The number of carbonyl (C=O) groups excluding carboxylic acids is 2. The molecule has 0 atom stereocenters. The lowest BCUT2D eigenvalue weighted by Crippen LogP contribution is -2.31. The fourth-order valence-corrected chi connectivity index (χ4v) is 3.75. The number of phenolic OH excluding ortho intramolecular Hbond substituents is 1. The number of amides is 2. The lowest BCUT2D eigenvalue weighted by molar-refractivity contribution is -0.121. The highest BCUT2D eigenvalue weighted by molar-refractivity contribution is 8.18. The van der Waals surface area contributed by atoms with Crippen LogP contribution in [0.25, 0.3) is 6.08 Å². The van der Waals surface area contributed by atoms with E-state index in [1.54, 1.807) is 49.6 Å². The summed E-state index contributed by atoms with van der Waals surface area (Å²) in [5.74, 6) is 0.105. The lowest BCUT2D eigenvalue weighted by Gasteiger charge is -2.12. The number of nitrogens with one attached hydrogen (secondary N) is 1. The molecule has 0 aliphatic carbocycles. The molecule has 1 aliphatic rings. The average molecular weight is 439 g/mol. The number of rotatable bonds is 7. The maximum Gasteiger partial charge on any atom is 0.275 e. The molecule has 2 N–H and O–H groups in total. The Morgan fingerprint density at radius 2 is 1.97 bits per heavy atom. The van der Waals surface area contributed by atoms with Crippen molar-refractivity contribution in [3.05, 3.63) is 71.2 Å². The van der Waals surface area contributed by atoms with Gasteiger partial charge in [-0.1, -0.05) is 24.3 Å². The maximum absolute atomic E-state index is 12.9. The van der Waals surface area contributed by atoms with Gasteiger partial charge >= 0.3 is 0 Å². The van der Waals surface area contributed by atoms with Crippen LogP contribution >= 0.6 is 11.8 Å². The normalized spacial score (nSPS) is 15.9. The summed E-state index contributed by atoms with van der Waals surface area (Å²) in [5, 5.41) is 14.2. The Hall–Kier alpha value is -3.72. The molecule has 2 aromatic rings. The molecule has 8 nitrogen and oxygen atoms in total. The van der Waals surface area contributed by atoms with Gasteiger partial charge in [-0.2, -0.15) is 0 Å². The number of benzene rings is 2. The van der Waals surface area contributed by atoms with Crippen LogP contribution in [0.5, 0.6) is 17.2 Å². The Kier molecular flexibility index (Phi) is 6.99. The van der Waals surface area contributed by atoms with Crippen molar-refractivity contribution in [2.45, 2.75) is 0 Å². The van der Waals surface area contributed by atoms with Crippen LogP contribution in [-0.4, -0.2) is 47.8 Å². The first-order valence-electron chi connectivity index (χ1n) is 9.18. The van der Waals surface area contributed by atoms with E-state index >= 15 is 0 Å². The number of aromatic hydroxyl groups is 1. The van der Waals surface area contributed by atoms with E-state index in [0.717, 1.165) is 17.3 Å². The lowest BCUT2D eigenvalue weighted by atomic mass is 10.2. The summed E-state index contributed by atoms with van der Waals surface area (Å²) in [6.45, 7) is 3.89. The second kappa shape index (κ2) is 9.86. The predicted molar refractivity (Wildman–Crippen MR) is 120 cm³/mol. The van der Waals surface area contributed by atoms with Gasteiger partial charge in [0, 0.05) is 6.54 Å². The Morgan fingerprint density at radius 1 is 1.23 bits per heavy atom. The molecule has 0 aromatic heterocycles. The number of para-hydroxylation sites is 1. The minimum Gasteiger partial charge on any atom is -0.507 e. The zero-order valence-electron chi connectivity index (χ0n) is 17.0. The molecule has 9 heteroatoms. The molecule has 0 unspecified atom stereocenters. The highest BCUT2D eigenvalue weighted by atomic mass is 32.2. The van der Waals surface area contributed by atoms with E-state index in [-0.39, 0.29) is 23.8 Å². The van der Waals surface area contributed by atoms with E-state index in [9.17, 15) is 14.7 Å². The Morgan fingerprint density at radius 3 is 2.65 bits per heavy atom. The van der Waals surface area contributed by atoms with E-state index in [4.69, 9.17) is 9.47 Å². The Bertz CT molecular complexity index is 1080. The van der Waals surface area contributed by atoms with Crippen LogP contribution in [0, 0.1) is 0 Å². The molecule has 0 saturated carbocycles. The van der Waals surface area contributed by atoms with Crippen molar-refractivity contribution in [2.24, 2.45) is 5.10 Å². The van der Waals surface area contributed by atoms with Gasteiger partial charge in [0.05, 0.1) is 24.7 Å². The summed E-state index contributed by atoms with van der Waals surface area (Å²) < 4.78 is 10.5. The summed E-state index contributed by atoms with van der Waals surface area (Å²) in [7, 11) is 3.08. The van der Waals surface area contributed by atoms with Crippen LogP contribution in [0.15, 0.2) is 65.1 Å². The number of ether oxygens (including phenoxy) is 2. The van der Waals surface area contributed by atoms with Crippen molar-refractivity contribution in [3.8, 4) is 17.2 Å². The molecule has 1 saturated heterocycles. The number of carbonyl (C=O) groups is 2. The number of phenols is 1. The van der Waals surface area contributed by atoms with Gasteiger partial charge in [-0.05, 0) is 47.7 Å². The number of hydrazone groups is 1. The third kappa shape index (κ3) is 4.89. The quantitative estimate of drug-likeness (QED) is 0.390. The first-order valence-corrected chi connectivity index (χ1v) is 10.0. The minimum atomic E-state index is -0.588. The molecule has 3 rings (SSSR count). The van der Waals surface area contributed by atoms with Crippen molar-refractivity contribution in [1.82, 2.24) is 10.3 Å². The number of hydrogen-bond donors (Lipinski definition) is 2. The molecule has 1 fully saturated rings. The highest BCUT2D eigenvalue weighted by Gasteiger charge is 2.33. The summed E-state index contributed by atoms with van der Waals surface area (Å²) in [6.07, 6.45) is 3.27. The molecule has 1 heterocycles. The van der Waals surface area contributed by atoms with Gasteiger partial charge in [0.1, 0.15) is 5.75 Å². The minimum absolute atomic E-state index is 0.0811. The SMILES string of the molecule is C=CCN1C(=O)C(=Cc2ccc(OC)c(OC)c2)SC1=NNC(=O)c1ccccc1O. The first-order chi connectivity index (χ1) is 15.0. The summed E-state index contributed by atoms with van der Waals surface area (Å²) in [4.78, 5) is 27.0. The van der Waals surface area contributed by atoms with Gasteiger partial charge in [-0.25, -0.2) is 5.43 Å². The number of nitrogens with zero attached hydrogens (tertiary/aromatic N) is 2. The zero-order chi connectivity index (χ0) is 22.4. The predicted octanol–water partition coefficient (Wildman–Crippen LogP) is 3.21. The smallest absolute Gasteiger partial charge is 0.275 e. The maximum atomic E-state index is 12.9. The largest absolute Gasteiger partial charge is 0.507 e. The van der Waals surface area contributed by atoms with Crippen molar-refractivity contribution >= 4 is 34.8 Å². The van der Waals surface area contributed by atoms with Gasteiger partial charge in [0.2, 0.25) is 0 Å². The van der Waals surface area contributed by atoms with Crippen LogP contribution < -0.4 is 14.9 Å². The molecule has 2 aromatic carbocycles. The summed E-state index contributed by atoms with van der Waals surface area (Å²) in [5.41, 5.74) is 3.21. The molecule has 160 valence electrons. The standard InChI is InChI=1S/C22H21N3O5S/c1-4-11-25-21(28)19(13-14-9-10-17(29-2)18(12-14)30-3)31-22(25)24-23-20(27)15-7-5-6-8-16(15)26/h4-10,12-13,26H,1,11H2,2-3H3,(H,23,27). The average Bonchev–Trinajstić information content (AvgIpc) is 3.07. The Balaban J connectivity index is 1.85. The number of amidine groups is 1. The van der Waals surface area contributed by atoms with Crippen molar-refractivity contribution in [3.63, 3.8) is 0 Å². The van der Waals surface area contributed by atoms with Gasteiger partial charge in [0.15, 0.2) is 16.7 Å². The van der Waals surface area contributed by atoms with Crippen LogP contribution in [-0.2, 0) is 4.79 Å². The number of thioether (sulfide) groups is 1. The van der Waals surface area contributed by atoms with Crippen molar-refractivity contribution in [2.75, 3.05) is 20.8 Å². The van der Waals surface area contributed by atoms with Crippen molar-refractivity contribution < 1.29 is 24.2 Å². The van der Waals surface area contributed by atoms with Crippen LogP contribution in [0.1, 0.15) is 15.9 Å². The number of hydrogen-bond acceptors (Lipinski definition) is 7. The fraction of sp³-hybridized carbons (Fsp3) is 0.136. The summed E-state index contributed by atoms with van der Waals surface area (Å²) in [6, 6.07) is 11.4. The van der Waals surface area contributed by atoms with Gasteiger partial charge in [-0.15, -0.1) is 11.7 Å². The van der Waals surface area contributed by atoms with E-state index in [1.165, 1.54) is 24.1 Å². The molecular formula is C22H21N3O5S. The molecule has 31 heavy (non-hydrogen) atoms. The van der Waals surface area contributed by atoms with Crippen LogP contribution in [0.3, 0.4) is 0 Å². The first kappa shape index (κ1) is 22.0.